The van der Waals surface area contributed by atoms with Gasteiger partial charge in [-0.1, -0.05) is 315 Å². The molecule has 0 fully saturated rings. The third-order valence-corrected chi connectivity index (χ3v) is 22.0. The van der Waals surface area contributed by atoms with Crippen LogP contribution in [0.25, 0.3) is 98.4 Å². The normalized spacial score (nSPS) is 17.9. The summed E-state index contributed by atoms with van der Waals surface area (Å²) in [5.41, 5.74) is 4.46. The van der Waals surface area contributed by atoms with Crippen molar-refractivity contribution in [1.82, 2.24) is 0 Å². The van der Waals surface area contributed by atoms with Crippen LogP contribution in [0.15, 0.2) is 470 Å². The molecule has 0 N–H and O–H groups in total. The molecule has 0 bridgehead atoms. The Morgan fingerprint density at radius 1 is 0.242 bits per heavy atom. The van der Waals surface area contributed by atoms with Crippen LogP contribution in [0.1, 0.15) is 41.1 Å². The van der Waals surface area contributed by atoms with Crippen molar-refractivity contribution in [2.75, 3.05) is 19.6 Å². The zero-order chi connectivity index (χ0) is 106. The van der Waals surface area contributed by atoms with E-state index in [4.69, 9.17) is 41.1 Å². The van der Waals surface area contributed by atoms with E-state index in [9.17, 15) is 0 Å². The van der Waals surface area contributed by atoms with E-state index in [2.05, 4.69) is 24.3 Å². The van der Waals surface area contributed by atoms with E-state index in [1.54, 1.807) is 60.7 Å². The van der Waals surface area contributed by atoms with E-state index in [1.165, 1.54) is 48.5 Å². The smallest absolute Gasteiger partial charge is 0.147 e. The molecule has 0 saturated heterocycles. The van der Waals surface area contributed by atoms with Crippen LogP contribution in [-0.2, 0) is 0 Å². The van der Waals surface area contributed by atoms with E-state index in [0.29, 0.717) is 55.1 Å². The Hall–Kier alpha value is -15.4. The molecule has 2 atom stereocenters. The van der Waals surface area contributed by atoms with Crippen molar-refractivity contribution in [3.05, 3.63) is 493 Å². The number of para-hydroxylation sites is 2. The molecule has 570 valence electrons. The first-order valence-corrected chi connectivity index (χ1v) is 38.0. The summed E-state index contributed by atoms with van der Waals surface area (Å²) in [5.74, 6) is -4.11. The maximum absolute atomic E-state index is 17.3. The number of rotatable bonds is 16. The molecule has 0 amide bonds. The second kappa shape index (κ2) is 30.7. The lowest BCUT2D eigenvalue weighted by molar-refractivity contribution is 0.550. The summed E-state index contributed by atoms with van der Waals surface area (Å²) < 4.78 is 323. The lowest BCUT2D eigenvalue weighted by Gasteiger charge is -2.45. The van der Waals surface area contributed by atoms with Gasteiger partial charge in [-0.05, 0) is 231 Å². The molecule has 0 spiro atoms. The largest absolute Gasteiger partial charge is 0.307 e. The highest BCUT2D eigenvalue weighted by Gasteiger charge is 2.43. The fourth-order valence-corrected chi connectivity index (χ4v) is 16.7. The molecular formula is C112H74F4N4. The Bertz CT molecular complexity index is 8840. The van der Waals surface area contributed by atoms with E-state index >= 15 is 17.6 Å². The zero-order valence-corrected chi connectivity index (χ0v) is 62.7. The summed E-state index contributed by atoms with van der Waals surface area (Å²) in [6, 6.07) is 37.5. The molecule has 4 aliphatic carbocycles. The van der Waals surface area contributed by atoms with Crippen LogP contribution in [0, 0.1) is 35.1 Å². The Balaban J connectivity index is 0.000000175. The average Bonchev–Trinajstić information content (AvgIpc) is 0.715. The minimum atomic E-state index is -1.09. The van der Waals surface area contributed by atoms with Gasteiger partial charge >= 0.3 is 0 Å². The molecule has 8 heteroatoms. The van der Waals surface area contributed by atoms with Gasteiger partial charge in [0.2, 0.25) is 0 Å². The van der Waals surface area contributed by atoms with Gasteiger partial charge in [0.1, 0.15) is 23.3 Å². The predicted octanol–water partition coefficient (Wildman–Crippen LogP) is 31.0. The summed E-state index contributed by atoms with van der Waals surface area (Å²) in [7, 11) is 0. The Morgan fingerprint density at radius 2 is 0.583 bits per heavy atom. The molecule has 0 saturated carbocycles. The van der Waals surface area contributed by atoms with Gasteiger partial charge in [-0.3, -0.25) is 0 Å². The summed E-state index contributed by atoms with van der Waals surface area (Å²) in [4.78, 5) is 5.97. The van der Waals surface area contributed by atoms with E-state index in [-0.39, 0.29) is 90.5 Å². The van der Waals surface area contributed by atoms with Crippen LogP contribution in [0.3, 0.4) is 0 Å². The molecule has 0 heterocycles. The van der Waals surface area contributed by atoms with Crippen molar-refractivity contribution in [3.63, 3.8) is 0 Å². The molecule has 0 aliphatic heterocycles. The topological polar surface area (TPSA) is 13.0 Å². The molecule has 0 radical (unpaired) electrons. The van der Waals surface area contributed by atoms with Gasteiger partial charge in [-0.25, -0.2) is 17.6 Å². The van der Waals surface area contributed by atoms with Crippen molar-refractivity contribution in [3.8, 4) is 44.5 Å². The minimum absolute atomic E-state index is 0.0667. The molecular weight excluding hydrogens is 1480 g/mol. The number of hydrogen-bond acceptors (Lipinski definition) is 4. The maximum Gasteiger partial charge on any atom is 0.147 e. The fraction of sp³-hybridized carbons (Fsp3) is 0.0179. The van der Waals surface area contributed by atoms with E-state index < -0.39 is 216 Å². The number of allylic oxidation sites excluding steroid dienone is 12. The highest BCUT2D eigenvalue weighted by molar-refractivity contribution is 6.28. The molecule has 18 aromatic rings. The van der Waals surface area contributed by atoms with Crippen LogP contribution in [0.4, 0.5) is 74.4 Å². The van der Waals surface area contributed by atoms with E-state index in [1.807, 2.05) is 119 Å². The summed E-state index contributed by atoms with van der Waals surface area (Å²) in [6.07, 6.45) is 16.3. The monoisotopic (exact) mass is 1580 g/mol. The van der Waals surface area contributed by atoms with Crippen molar-refractivity contribution in [2.45, 2.75) is 0 Å². The molecule has 120 heavy (non-hydrogen) atoms. The highest BCUT2D eigenvalue weighted by Crippen LogP contribution is 2.56. The quantitative estimate of drug-likeness (QED) is 0.0706. The third-order valence-electron chi connectivity index (χ3n) is 22.0. The van der Waals surface area contributed by atoms with Crippen molar-refractivity contribution >= 4 is 111 Å². The SMILES string of the molecule is [2H]c1c([2H])c([2H])c(-c2ccc(N(C3=CC=C4C=CC5=C(N(c6ccc7ccccc7c6)c6ccc(-c7c([2H])c([2H])c([2H])c([2H])c7[2H])cc6F)C=CC6=CC=C3C4C65)c3ccc4ccccc4c3)c(F)c2)c([2H])c1[2H].[2H]c1c([2H])c([2H])c(-c2ccc(N(c3c([2H])c([2H])c([2H])c([2H])c3[2H])c3ccc4ccc5c(N(c6ccc(-c7c([2H])c([2H])c([2H])c([2H])c7[2H])cc6F)c6c([2H])c([2H])c([2H])c([2H])c6[2H])ccc6ccc3c4c65)c(F)c2)c([2H])c1[2H]. The Kier molecular flexibility index (Phi) is 12.0. The summed E-state index contributed by atoms with van der Waals surface area (Å²) in [5, 5.41) is 6.40. The number of hydrogen-bond donors (Lipinski definition) is 0. The molecule has 4 aliphatic rings. The highest BCUT2D eigenvalue weighted by atomic mass is 19.1. The molecule has 22 rings (SSSR count). The van der Waals surface area contributed by atoms with Gasteiger partial charge in [0.05, 0.1) is 86.6 Å². The first-order chi connectivity index (χ1) is 71.6. The minimum Gasteiger partial charge on any atom is -0.307 e. The van der Waals surface area contributed by atoms with Gasteiger partial charge in [-0.2, -0.15) is 0 Å². The summed E-state index contributed by atoms with van der Waals surface area (Å²) in [6.45, 7) is 0. The van der Waals surface area contributed by atoms with Crippen LogP contribution in [0.2, 0.25) is 0 Å². The van der Waals surface area contributed by atoms with Crippen LogP contribution in [0.5, 0.6) is 0 Å². The first-order valence-electron chi connectivity index (χ1n) is 53.0. The number of anilines is 10. The predicted molar refractivity (Wildman–Crippen MR) is 491 cm³/mol. The van der Waals surface area contributed by atoms with Gasteiger partial charge in [0.15, 0.2) is 0 Å². The number of halogens is 4. The second-order valence-corrected chi connectivity index (χ2v) is 28.6. The van der Waals surface area contributed by atoms with Crippen molar-refractivity contribution < 1.29 is 58.7 Å². The zero-order valence-electron chi connectivity index (χ0n) is 92.7. The standard InChI is InChI=1S/C60H40F2N2.C52H34F2N2/c61-53-37-47(39-11-3-1-4-12-39)25-33-57(53)63(49-27-19-41-15-7-9-17-45(41)35-49)55-31-23-43-22-30-52-56(32-24-44-21-29-51(55)59(43)60(44)52)64(50-28-20-42-16-8-10-18-46(42)36-50)58-34-26-48(38-54(58)62)40-13-5-2-6-14-40;53-45-33-39(35-13-5-1-6-14-35)25-31-49(45)55(41-17-9-3-10-18-41)47-29-23-37-22-28-44-48(30-24-38-21-27-43(47)51(37)52(38)44)56(42-19-11-4-12-20-42)50-32-26-40(34-46(50)54)36-15-7-2-8-16-36/h1-38,59-60H;1-34H/i1D,2D,3D,4D,5D,6D,11D,12D,13D,14D;1D,2D,3D,4D,5D,6D,7D,8D,9D,10D,11D,12D,13D,14D,15D,16D,17D,18D,19D,20D. The molecule has 18 aromatic carbocycles. The molecule has 0 aromatic heterocycles. The molecule has 2 unspecified atom stereocenters. The third kappa shape index (κ3) is 13.1. The lowest BCUT2D eigenvalue weighted by Crippen LogP contribution is -2.35. The van der Waals surface area contributed by atoms with E-state index in [0.717, 1.165) is 65.8 Å². The molecule has 4 nitrogen and oxygen atoms in total. The number of benzene rings is 18. The Labute approximate surface area is 735 Å². The fourth-order valence-electron chi connectivity index (χ4n) is 16.7. The van der Waals surface area contributed by atoms with Gasteiger partial charge in [0, 0.05) is 45.4 Å². The van der Waals surface area contributed by atoms with Crippen molar-refractivity contribution in [2.24, 2.45) is 11.8 Å². The average molecular weight is 1580 g/mol. The van der Waals surface area contributed by atoms with Gasteiger partial charge in [0.25, 0.3) is 0 Å². The van der Waals surface area contributed by atoms with Crippen molar-refractivity contribution in [1.29, 1.82) is 0 Å². The van der Waals surface area contributed by atoms with Gasteiger partial charge in [-0.15, -0.1) is 0 Å². The van der Waals surface area contributed by atoms with Crippen LogP contribution in [-0.4, -0.2) is 0 Å². The van der Waals surface area contributed by atoms with Crippen LogP contribution < -0.4 is 19.6 Å². The maximum atomic E-state index is 17.3. The number of fused-ring (bicyclic) bond motifs is 2. The Morgan fingerprint density at radius 3 is 1.01 bits per heavy atom. The van der Waals surface area contributed by atoms with Crippen LogP contribution >= 0.6 is 0 Å². The van der Waals surface area contributed by atoms with Gasteiger partial charge < -0.3 is 19.6 Å². The first kappa shape index (κ1) is 47.0. The number of nitrogens with zero attached hydrogens (tertiary/aromatic N) is 4. The lowest BCUT2D eigenvalue weighted by atomic mass is 9.63. The summed E-state index contributed by atoms with van der Waals surface area (Å²) >= 11 is 0. The second-order valence-electron chi connectivity index (χ2n) is 28.6.